The first-order valence-corrected chi connectivity index (χ1v) is 9.05. The Kier molecular flexibility index (Phi) is 4.45. The zero-order chi connectivity index (χ0) is 15.0. The van der Waals surface area contributed by atoms with Gasteiger partial charge in [0.15, 0.2) is 0 Å². The molecule has 1 saturated heterocycles. The van der Waals surface area contributed by atoms with Crippen LogP contribution in [-0.2, 0) is 9.59 Å². The number of nitrogens with two attached hydrogens (primary N) is 1. The first kappa shape index (κ1) is 15.2. The van der Waals surface area contributed by atoms with Crippen molar-refractivity contribution in [1.29, 1.82) is 0 Å². The maximum Gasteiger partial charge on any atom is 0.327 e. The molecule has 2 aliphatic carbocycles. The van der Waals surface area contributed by atoms with Crippen LogP contribution in [0.1, 0.15) is 38.5 Å². The van der Waals surface area contributed by atoms with E-state index in [0.717, 1.165) is 38.5 Å². The van der Waals surface area contributed by atoms with Gasteiger partial charge < -0.3 is 15.7 Å². The molecule has 0 aromatic rings. The van der Waals surface area contributed by atoms with Gasteiger partial charge in [0.2, 0.25) is 5.91 Å². The fourth-order valence-corrected chi connectivity index (χ4v) is 5.39. The Morgan fingerprint density at radius 2 is 1.90 bits per heavy atom. The molecule has 1 aliphatic heterocycles. The minimum atomic E-state index is -0.862. The van der Waals surface area contributed by atoms with Gasteiger partial charge in [-0.1, -0.05) is 12.8 Å². The molecule has 0 spiro atoms. The summed E-state index contributed by atoms with van der Waals surface area (Å²) in [6.07, 6.45) is 6.30. The van der Waals surface area contributed by atoms with Crippen molar-refractivity contribution in [2.24, 2.45) is 23.5 Å². The predicted molar refractivity (Wildman–Crippen MR) is 81.7 cm³/mol. The molecule has 1 amide bonds. The molecule has 5 nitrogen and oxygen atoms in total. The molecule has 3 fully saturated rings. The number of hydrogen-bond donors (Lipinski definition) is 2. The second-order valence-corrected chi connectivity index (χ2v) is 7.70. The molecule has 0 aromatic heterocycles. The van der Waals surface area contributed by atoms with E-state index in [-0.39, 0.29) is 23.1 Å². The summed E-state index contributed by atoms with van der Waals surface area (Å²) in [7, 11) is 0. The molecule has 6 heteroatoms. The summed E-state index contributed by atoms with van der Waals surface area (Å²) in [5.41, 5.74) is 5.84. The van der Waals surface area contributed by atoms with Crippen LogP contribution in [0.3, 0.4) is 0 Å². The van der Waals surface area contributed by atoms with E-state index >= 15 is 0 Å². The zero-order valence-corrected chi connectivity index (χ0v) is 13.1. The lowest BCUT2D eigenvalue weighted by Crippen LogP contribution is -2.51. The van der Waals surface area contributed by atoms with Crippen LogP contribution in [0.4, 0.5) is 0 Å². The highest BCUT2D eigenvalue weighted by Gasteiger charge is 2.50. The standard InChI is InChI=1S/C15H24N2O3S/c16-7-10-3-1-2-4-11(10)13(18)17-12(15(19)20)8-21-14(17)9-5-6-9/h9-12,14H,1-8,16H2,(H,19,20). The third-order valence-corrected chi connectivity index (χ3v) is 6.59. The molecule has 0 bridgehead atoms. The number of nitrogens with zero attached hydrogens (tertiary/aromatic N) is 1. The number of rotatable bonds is 4. The van der Waals surface area contributed by atoms with Gasteiger partial charge in [-0.3, -0.25) is 4.79 Å². The molecule has 2 saturated carbocycles. The monoisotopic (exact) mass is 312 g/mol. The molecular formula is C15H24N2O3S. The Balaban J connectivity index is 1.79. The van der Waals surface area contributed by atoms with E-state index in [4.69, 9.17) is 5.73 Å². The van der Waals surface area contributed by atoms with Crippen molar-refractivity contribution in [3.8, 4) is 0 Å². The second kappa shape index (κ2) is 6.16. The van der Waals surface area contributed by atoms with Crippen LogP contribution in [0.2, 0.25) is 0 Å². The molecule has 21 heavy (non-hydrogen) atoms. The largest absolute Gasteiger partial charge is 0.480 e. The van der Waals surface area contributed by atoms with Crippen molar-refractivity contribution >= 4 is 23.6 Å². The third-order valence-electron chi connectivity index (χ3n) is 5.13. The molecule has 3 rings (SSSR count). The molecule has 0 radical (unpaired) electrons. The fraction of sp³-hybridized carbons (Fsp3) is 0.867. The Labute approximate surface area is 129 Å². The number of amides is 1. The Morgan fingerprint density at radius 1 is 1.19 bits per heavy atom. The Bertz CT molecular complexity index is 427. The number of carboxylic acid groups (broad SMARTS) is 1. The van der Waals surface area contributed by atoms with Crippen molar-refractivity contribution in [1.82, 2.24) is 4.90 Å². The number of aliphatic carboxylic acids is 1. The van der Waals surface area contributed by atoms with Crippen LogP contribution < -0.4 is 5.73 Å². The number of carbonyl (C=O) groups is 2. The fourth-order valence-electron chi connectivity index (χ4n) is 3.75. The number of hydrogen-bond acceptors (Lipinski definition) is 4. The summed E-state index contributed by atoms with van der Waals surface area (Å²) in [5, 5.41) is 9.52. The minimum absolute atomic E-state index is 0.0550. The molecule has 4 atom stereocenters. The van der Waals surface area contributed by atoms with Crippen molar-refractivity contribution < 1.29 is 14.7 Å². The van der Waals surface area contributed by atoms with E-state index in [9.17, 15) is 14.7 Å². The van der Waals surface area contributed by atoms with Crippen molar-refractivity contribution in [2.45, 2.75) is 49.9 Å². The minimum Gasteiger partial charge on any atom is -0.480 e. The zero-order valence-electron chi connectivity index (χ0n) is 12.2. The molecular weight excluding hydrogens is 288 g/mol. The second-order valence-electron chi connectivity index (χ2n) is 6.55. The van der Waals surface area contributed by atoms with Gasteiger partial charge in [-0.05, 0) is 44.1 Å². The van der Waals surface area contributed by atoms with Gasteiger partial charge in [0.1, 0.15) is 6.04 Å². The lowest BCUT2D eigenvalue weighted by molar-refractivity contribution is -0.152. The van der Waals surface area contributed by atoms with Crippen LogP contribution >= 0.6 is 11.8 Å². The van der Waals surface area contributed by atoms with E-state index < -0.39 is 12.0 Å². The van der Waals surface area contributed by atoms with Gasteiger partial charge in [0.25, 0.3) is 0 Å². The molecule has 0 aromatic carbocycles. The van der Waals surface area contributed by atoms with Crippen molar-refractivity contribution in [2.75, 3.05) is 12.3 Å². The topological polar surface area (TPSA) is 83.6 Å². The molecule has 1 heterocycles. The summed E-state index contributed by atoms with van der Waals surface area (Å²) in [4.78, 5) is 26.2. The number of carbonyl (C=O) groups excluding carboxylic acids is 1. The highest BCUT2D eigenvalue weighted by atomic mass is 32.2. The first-order valence-electron chi connectivity index (χ1n) is 8.00. The van der Waals surface area contributed by atoms with Gasteiger partial charge in [-0.15, -0.1) is 11.8 Å². The van der Waals surface area contributed by atoms with Gasteiger partial charge in [0.05, 0.1) is 5.37 Å². The normalized spacial score (nSPS) is 36.7. The van der Waals surface area contributed by atoms with Gasteiger partial charge in [-0.2, -0.15) is 0 Å². The van der Waals surface area contributed by atoms with Crippen molar-refractivity contribution in [3.63, 3.8) is 0 Å². The highest BCUT2D eigenvalue weighted by molar-refractivity contribution is 8.00. The van der Waals surface area contributed by atoms with E-state index in [0.29, 0.717) is 18.2 Å². The average molecular weight is 312 g/mol. The van der Waals surface area contributed by atoms with E-state index in [2.05, 4.69) is 0 Å². The van der Waals surface area contributed by atoms with Crippen LogP contribution in [0.25, 0.3) is 0 Å². The summed E-state index contributed by atoms with van der Waals surface area (Å²) >= 11 is 1.65. The van der Waals surface area contributed by atoms with Gasteiger partial charge >= 0.3 is 5.97 Å². The van der Waals surface area contributed by atoms with Crippen LogP contribution in [0.5, 0.6) is 0 Å². The molecule has 3 aliphatic rings. The summed E-state index contributed by atoms with van der Waals surface area (Å²) < 4.78 is 0. The number of thioether (sulfide) groups is 1. The molecule has 4 unspecified atom stereocenters. The van der Waals surface area contributed by atoms with Crippen molar-refractivity contribution in [3.05, 3.63) is 0 Å². The van der Waals surface area contributed by atoms with E-state index in [1.807, 2.05) is 0 Å². The van der Waals surface area contributed by atoms with Crippen LogP contribution in [0.15, 0.2) is 0 Å². The smallest absolute Gasteiger partial charge is 0.327 e. The summed E-state index contributed by atoms with van der Waals surface area (Å²) in [6.45, 7) is 0.531. The lowest BCUT2D eigenvalue weighted by atomic mass is 9.78. The quantitative estimate of drug-likeness (QED) is 0.822. The first-order chi connectivity index (χ1) is 10.1. The summed E-state index contributed by atoms with van der Waals surface area (Å²) in [6, 6.07) is -0.645. The summed E-state index contributed by atoms with van der Waals surface area (Å²) in [5.74, 6) is 0.390. The highest BCUT2D eigenvalue weighted by Crippen LogP contribution is 2.46. The lowest BCUT2D eigenvalue weighted by Gasteiger charge is -2.36. The average Bonchev–Trinajstić information content (AvgIpc) is 3.24. The number of carboxylic acids is 1. The predicted octanol–water partition coefficient (Wildman–Crippen LogP) is 1.52. The van der Waals surface area contributed by atoms with Gasteiger partial charge in [0, 0.05) is 11.7 Å². The SMILES string of the molecule is NCC1CCCCC1C(=O)N1C(C(=O)O)CSC1C1CC1. The Morgan fingerprint density at radius 3 is 2.52 bits per heavy atom. The molecule has 3 N–H and O–H groups in total. The Hall–Kier alpha value is -0.750. The maximum atomic E-state index is 13.0. The van der Waals surface area contributed by atoms with E-state index in [1.165, 1.54) is 0 Å². The maximum absolute atomic E-state index is 13.0. The molecule has 118 valence electrons. The third kappa shape index (κ3) is 2.93. The van der Waals surface area contributed by atoms with E-state index in [1.54, 1.807) is 16.7 Å². The van der Waals surface area contributed by atoms with Crippen LogP contribution in [0, 0.1) is 17.8 Å². The van der Waals surface area contributed by atoms with Gasteiger partial charge in [-0.25, -0.2) is 4.79 Å². The van der Waals surface area contributed by atoms with Crippen LogP contribution in [-0.4, -0.2) is 45.6 Å².